The fraction of sp³-hybridized carbons (Fsp3) is 0.417. The van der Waals surface area contributed by atoms with Crippen LogP contribution in [-0.4, -0.2) is 4.98 Å². The Kier molecular flexibility index (Phi) is 4.09. The third kappa shape index (κ3) is 3.14. The number of rotatable bonds is 5. The zero-order chi connectivity index (χ0) is 11.4. The summed E-state index contributed by atoms with van der Waals surface area (Å²) >= 11 is 3.60. The molecule has 0 aliphatic rings. The van der Waals surface area contributed by atoms with Gasteiger partial charge in [0.25, 0.3) is 0 Å². The van der Waals surface area contributed by atoms with E-state index in [-0.39, 0.29) is 0 Å². The van der Waals surface area contributed by atoms with Crippen molar-refractivity contribution in [3.63, 3.8) is 0 Å². The summed E-state index contributed by atoms with van der Waals surface area (Å²) in [5, 5.41) is 6.79. The van der Waals surface area contributed by atoms with E-state index in [2.05, 4.69) is 41.7 Å². The predicted octanol–water partition coefficient (Wildman–Crippen LogP) is 3.37. The van der Waals surface area contributed by atoms with Gasteiger partial charge < -0.3 is 5.32 Å². The highest BCUT2D eigenvalue weighted by molar-refractivity contribution is 7.11. The van der Waals surface area contributed by atoms with Gasteiger partial charge in [0.15, 0.2) is 0 Å². The van der Waals surface area contributed by atoms with Crippen LogP contribution in [0.5, 0.6) is 0 Å². The van der Waals surface area contributed by atoms with E-state index < -0.39 is 0 Å². The molecule has 0 saturated heterocycles. The molecule has 0 bridgehead atoms. The highest BCUT2D eigenvalue weighted by Crippen LogP contribution is 2.15. The lowest BCUT2D eigenvalue weighted by atomic mass is 10.4. The Bertz CT molecular complexity index is 445. The number of aryl methyl sites for hydroxylation is 2. The second kappa shape index (κ2) is 5.57. The average molecular weight is 252 g/mol. The Balaban J connectivity index is 1.79. The molecule has 0 fully saturated rings. The van der Waals surface area contributed by atoms with Crippen molar-refractivity contribution in [2.45, 2.75) is 33.4 Å². The molecule has 0 spiro atoms. The molecule has 2 rings (SSSR count). The van der Waals surface area contributed by atoms with E-state index in [0.29, 0.717) is 0 Å². The number of thiazole rings is 1. The highest BCUT2D eigenvalue weighted by Gasteiger charge is 2.00. The fourth-order valence-corrected chi connectivity index (χ4v) is 3.09. The zero-order valence-electron chi connectivity index (χ0n) is 9.62. The second-order valence-corrected chi connectivity index (χ2v) is 6.02. The van der Waals surface area contributed by atoms with Crippen LogP contribution in [0.3, 0.4) is 0 Å². The third-order valence-electron chi connectivity index (χ3n) is 2.30. The first-order valence-electron chi connectivity index (χ1n) is 5.47. The topological polar surface area (TPSA) is 24.9 Å². The van der Waals surface area contributed by atoms with Gasteiger partial charge in [0.1, 0.15) is 0 Å². The van der Waals surface area contributed by atoms with Crippen LogP contribution in [0.1, 0.15) is 27.4 Å². The number of hydrogen-bond donors (Lipinski definition) is 1. The van der Waals surface area contributed by atoms with Crippen LogP contribution in [0, 0.1) is 6.92 Å². The molecule has 0 aliphatic carbocycles. The molecule has 2 nitrogen and oxygen atoms in total. The van der Waals surface area contributed by atoms with Crippen molar-refractivity contribution < 1.29 is 0 Å². The van der Waals surface area contributed by atoms with Crippen LogP contribution in [-0.2, 0) is 19.5 Å². The molecule has 0 aliphatic heterocycles. The fourth-order valence-electron chi connectivity index (χ4n) is 1.49. The number of nitrogens with one attached hydrogen (secondary N) is 1. The van der Waals surface area contributed by atoms with E-state index in [9.17, 15) is 0 Å². The molecule has 0 amide bonds. The summed E-state index contributed by atoms with van der Waals surface area (Å²) in [5.74, 6) is 0. The molecule has 2 aromatic heterocycles. The molecule has 0 aromatic carbocycles. The standard InChI is InChI=1S/C12H16N2S2/c1-3-12-14-10(8-15-12)6-13-7-11-5-4-9(2)16-11/h4-5,8,13H,3,6-7H2,1-2H3. The molecule has 2 aromatic rings. The van der Waals surface area contributed by atoms with Crippen LogP contribution in [0.2, 0.25) is 0 Å². The average Bonchev–Trinajstić information content (AvgIpc) is 2.88. The SMILES string of the molecule is CCc1nc(CNCc2ccc(C)s2)cs1. The molecule has 4 heteroatoms. The van der Waals surface area contributed by atoms with Gasteiger partial charge in [-0.05, 0) is 25.5 Å². The first kappa shape index (κ1) is 11.8. The lowest BCUT2D eigenvalue weighted by molar-refractivity contribution is 0.688. The molecule has 0 radical (unpaired) electrons. The molecular formula is C12H16N2S2. The second-order valence-electron chi connectivity index (χ2n) is 3.70. The number of hydrogen-bond acceptors (Lipinski definition) is 4. The molecular weight excluding hydrogens is 236 g/mol. The van der Waals surface area contributed by atoms with Gasteiger partial charge >= 0.3 is 0 Å². The smallest absolute Gasteiger partial charge is 0.0926 e. The summed E-state index contributed by atoms with van der Waals surface area (Å²) in [6.45, 7) is 6.09. The lowest BCUT2D eigenvalue weighted by Crippen LogP contribution is -2.11. The summed E-state index contributed by atoms with van der Waals surface area (Å²) in [6, 6.07) is 4.35. The maximum atomic E-state index is 4.52. The first-order valence-corrected chi connectivity index (χ1v) is 7.17. The van der Waals surface area contributed by atoms with E-state index in [0.717, 1.165) is 25.2 Å². The molecule has 0 atom stereocenters. The van der Waals surface area contributed by atoms with Crippen LogP contribution in [0.15, 0.2) is 17.5 Å². The molecule has 86 valence electrons. The lowest BCUT2D eigenvalue weighted by Gasteiger charge is -1.99. The minimum absolute atomic E-state index is 0.868. The van der Waals surface area contributed by atoms with Crippen molar-refractivity contribution in [3.8, 4) is 0 Å². The van der Waals surface area contributed by atoms with Crippen molar-refractivity contribution in [1.29, 1.82) is 0 Å². The normalized spacial score (nSPS) is 10.9. The predicted molar refractivity (Wildman–Crippen MR) is 71.1 cm³/mol. The highest BCUT2D eigenvalue weighted by atomic mass is 32.1. The molecule has 0 unspecified atom stereocenters. The van der Waals surface area contributed by atoms with Crippen molar-refractivity contribution in [1.82, 2.24) is 10.3 Å². The summed E-state index contributed by atoms with van der Waals surface area (Å²) in [6.07, 6.45) is 1.04. The Morgan fingerprint density at radius 1 is 1.31 bits per heavy atom. The monoisotopic (exact) mass is 252 g/mol. The van der Waals surface area contributed by atoms with Gasteiger partial charge in [-0.3, -0.25) is 0 Å². The third-order valence-corrected chi connectivity index (χ3v) is 4.35. The van der Waals surface area contributed by atoms with Crippen LogP contribution >= 0.6 is 22.7 Å². The quantitative estimate of drug-likeness (QED) is 0.882. The summed E-state index contributed by atoms with van der Waals surface area (Å²) in [5.41, 5.74) is 1.16. The minimum Gasteiger partial charge on any atom is -0.306 e. The summed E-state index contributed by atoms with van der Waals surface area (Å²) in [4.78, 5) is 7.29. The number of aromatic nitrogens is 1. The Labute approximate surface area is 104 Å². The van der Waals surface area contributed by atoms with Gasteiger partial charge in [-0.15, -0.1) is 22.7 Å². The Morgan fingerprint density at radius 3 is 2.81 bits per heavy atom. The van der Waals surface area contributed by atoms with Crippen molar-refractivity contribution >= 4 is 22.7 Å². The van der Waals surface area contributed by atoms with Crippen molar-refractivity contribution in [2.75, 3.05) is 0 Å². The molecule has 2 heterocycles. The number of thiophene rings is 1. The van der Waals surface area contributed by atoms with Gasteiger partial charge in [-0.25, -0.2) is 4.98 Å². The van der Waals surface area contributed by atoms with Gasteiger partial charge in [0.2, 0.25) is 0 Å². The zero-order valence-corrected chi connectivity index (χ0v) is 11.3. The molecule has 1 N–H and O–H groups in total. The van der Waals surface area contributed by atoms with E-state index in [1.54, 1.807) is 11.3 Å². The van der Waals surface area contributed by atoms with Gasteiger partial charge in [-0.1, -0.05) is 6.92 Å². The minimum atomic E-state index is 0.868. The van der Waals surface area contributed by atoms with Crippen LogP contribution < -0.4 is 5.32 Å². The van der Waals surface area contributed by atoms with Crippen molar-refractivity contribution in [2.24, 2.45) is 0 Å². The summed E-state index contributed by atoms with van der Waals surface area (Å²) in [7, 11) is 0. The van der Waals surface area contributed by atoms with E-state index in [4.69, 9.17) is 0 Å². The van der Waals surface area contributed by atoms with E-state index in [1.165, 1.54) is 14.8 Å². The van der Waals surface area contributed by atoms with E-state index >= 15 is 0 Å². The van der Waals surface area contributed by atoms with Gasteiger partial charge in [0.05, 0.1) is 10.7 Å². The Hall–Kier alpha value is -0.710. The number of nitrogens with zero attached hydrogens (tertiary/aromatic N) is 1. The summed E-state index contributed by atoms with van der Waals surface area (Å²) < 4.78 is 0. The van der Waals surface area contributed by atoms with E-state index in [1.807, 2.05) is 11.3 Å². The first-order chi connectivity index (χ1) is 7.78. The van der Waals surface area contributed by atoms with Crippen LogP contribution in [0.4, 0.5) is 0 Å². The van der Waals surface area contributed by atoms with Gasteiger partial charge in [0, 0.05) is 28.2 Å². The van der Waals surface area contributed by atoms with Crippen molar-refractivity contribution in [3.05, 3.63) is 38.0 Å². The van der Waals surface area contributed by atoms with Crippen LogP contribution in [0.25, 0.3) is 0 Å². The maximum Gasteiger partial charge on any atom is 0.0926 e. The molecule has 0 saturated carbocycles. The maximum absolute atomic E-state index is 4.52. The molecule has 16 heavy (non-hydrogen) atoms. The largest absolute Gasteiger partial charge is 0.306 e. The Morgan fingerprint density at radius 2 is 2.19 bits per heavy atom. The van der Waals surface area contributed by atoms with Gasteiger partial charge in [-0.2, -0.15) is 0 Å².